The van der Waals surface area contributed by atoms with E-state index in [0.29, 0.717) is 23.4 Å². The fourth-order valence-electron chi connectivity index (χ4n) is 2.64. The third-order valence-electron chi connectivity index (χ3n) is 3.79. The third-order valence-corrected chi connectivity index (χ3v) is 3.79. The monoisotopic (exact) mass is 278 g/mol. The van der Waals surface area contributed by atoms with Crippen molar-refractivity contribution in [2.45, 2.75) is 65.0 Å². The van der Waals surface area contributed by atoms with Gasteiger partial charge in [0.2, 0.25) is 5.88 Å². The SMILES string of the molecule is CC1CCCC(Nc2ncnc(OC(C)C)c2N)CC1. The van der Waals surface area contributed by atoms with E-state index in [1.54, 1.807) is 0 Å². The molecule has 1 saturated carbocycles. The molecule has 0 aromatic carbocycles. The lowest BCUT2D eigenvalue weighted by Gasteiger charge is -2.19. The number of ether oxygens (including phenoxy) is 1. The summed E-state index contributed by atoms with van der Waals surface area (Å²) in [6.45, 7) is 6.25. The number of rotatable bonds is 4. The van der Waals surface area contributed by atoms with Gasteiger partial charge in [-0.3, -0.25) is 0 Å². The summed E-state index contributed by atoms with van der Waals surface area (Å²) in [5.74, 6) is 2.00. The zero-order valence-electron chi connectivity index (χ0n) is 12.7. The highest BCUT2D eigenvalue weighted by Gasteiger charge is 2.18. The van der Waals surface area contributed by atoms with Crippen LogP contribution in [-0.4, -0.2) is 22.1 Å². The van der Waals surface area contributed by atoms with E-state index in [1.807, 2.05) is 13.8 Å². The maximum Gasteiger partial charge on any atom is 0.242 e. The first-order valence-corrected chi connectivity index (χ1v) is 7.60. The van der Waals surface area contributed by atoms with E-state index in [4.69, 9.17) is 10.5 Å². The van der Waals surface area contributed by atoms with Gasteiger partial charge < -0.3 is 15.8 Å². The second-order valence-corrected chi connectivity index (χ2v) is 6.06. The minimum Gasteiger partial charge on any atom is -0.473 e. The molecule has 1 aromatic rings. The Labute approximate surface area is 121 Å². The summed E-state index contributed by atoms with van der Waals surface area (Å²) in [5, 5.41) is 3.47. The highest BCUT2D eigenvalue weighted by molar-refractivity contribution is 5.66. The molecule has 0 radical (unpaired) electrons. The normalized spacial score (nSPS) is 23.4. The predicted molar refractivity (Wildman–Crippen MR) is 81.9 cm³/mol. The van der Waals surface area contributed by atoms with Gasteiger partial charge in [0, 0.05) is 6.04 Å². The molecule has 2 unspecified atom stereocenters. The second-order valence-electron chi connectivity index (χ2n) is 6.06. The number of nitrogens with two attached hydrogens (primary N) is 1. The minimum atomic E-state index is 0.0544. The van der Waals surface area contributed by atoms with Gasteiger partial charge in [0.15, 0.2) is 5.82 Å². The largest absolute Gasteiger partial charge is 0.473 e. The number of nitrogen functional groups attached to an aromatic ring is 1. The molecule has 1 aromatic heterocycles. The molecule has 112 valence electrons. The van der Waals surface area contributed by atoms with Gasteiger partial charge in [-0.15, -0.1) is 0 Å². The van der Waals surface area contributed by atoms with Gasteiger partial charge in [-0.2, -0.15) is 4.98 Å². The molecule has 1 aliphatic rings. The van der Waals surface area contributed by atoms with Crippen molar-refractivity contribution in [3.8, 4) is 5.88 Å². The maximum atomic E-state index is 6.10. The van der Waals surface area contributed by atoms with Crippen LogP contribution in [0.4, 0.5) is 11.5 Å². The van der Waals surface area contributed by atoms with Gasteiger partial charge in [-0.25, -0.2) is 4.98 Å². The number of aromatic nitrogens is 2. The lowest BCUT2D eigenvalue weighted by atomic mass is 10.0. The van der Waals surface area contributed by atoms with E-state index in [1.165, 1.54) is 38.4 Å². The Morgan fingerprint density at radius 3 is 2.80 bits per heavy atom. The number of anilines is 2. The Hall–Kier alpha value is -1.52. The van der Waals surface area contributed by atoms with Crippen LogP contribution in [0.5, 0.6) is 5.88 Å². The van der Waals surface area contributed by atoms with E-state index in [0.717, 1.165) is 5.92 Å². The summed E-state index contributed by atoms with van der Waals surface area (Å²) >= 11 is 0. The average molecular weight is 278 g/mol. The highest BCUT2D eigenvalue weighted by atomic mass is 16.5. The van der Waals surface area contributed by atoms with Crippen LogP contribution in [-0.2, 0) is 0 Å². The first-order valence-electron chi connectivity index (χ1n) is 7.60. The smallest absolute Gasteiger partial charge is 0.242 e. The predicted octanol–water partition coefficient (Wildman–Crippen LogP) is 3.23. The molecule has 0 spiro atoms. The van der Waals surface area contributed by atoms with Crippen molar-refractivity contribution in [2.75, 3.05) is 11.1 Å². The van der Waals surface area contributed by atoms with E-state index >= 15 is 0 Å². The first-order chi connectivity index (χ1) is 9.56. The fraction of sp³-hybridized carbons (Fsp3) is 0.733. The standard InChI is InChI=1S/C15H26N4O/c1-10(2)20-15-13(16)14(17-9-18-15)19-12-6-4-5-11(3)7-8-12/h9-12H,4-8,16H2,1-3H3,(H,17,18,19). The van der Waals surface area contributed by atoms with Crippen molar-refractivity contribution in [1.29, 1.82) is 0 Å². The van der Waals surface area contributed by atoms with Gasteiger partial charge in [0.05, 0.1) is 6.10 Å². The zero-order valence-corrected chi connectivity index (χ0v) is 12.7. The summed E-state index contributed by atoms with van der Waals surface area (Å²) < 4.78 is 5.60. The van der Waals surface area contributed by atoms with Crippen molar-refractivity contribution >= 4 is 11.5 Å². The van der Waals surface area contributed by atoms with E-state index in [9.17, 15) is 0 Å². The molecule has 5 nitrogen and oxygen atoms in total. The third kappa shape index (κ3) is 3.99. The molecule has 0 bridgehead atoms. The number of nitrogens with one attached hydrogen (secondary N) is 1. The van der Waals surface area contributed by atoms with Gasteiger partial charge in [-0.1, -0.05) is 19.8 Å². The number of hydrogen-bond acceptors (Lipinski definition) is 5. The summed E-state index contributed by atoms with van der Waals surface area (Å²) in [6.07, 6.45) is 7.75. The van der Waals surface area contributed by atoms with Crippen molar-refractivity contribution in [3.63, 3.8) is 0 Å². The Kier molecular flexibility index (Phi) is 5.04. The van der Waals surface area contributed by atoms with E-state index < -0.39 is 0 Å². The van der Waals surface area contributed by atoms with Gasteiger partial charge in [0.25, 0.3) is 0 Å². The Morgan fingerprint density at radius 2 is 2.05 bits per heavy atom. The van der Waals surface area contributed by atoms with Gasteiger partial charge in [0.1, 0.15) is 12.0 Å². The lowest BCUT2D eigenvalue weighted by Crippen LogP contribution is -2.21. The van der Waals surface area contributed by atoms with Crippen LogP contribution in [0.1, 0.15) is 52.9 Å². The summed E-state index contributed by atoms with van der Waals surface area (Å²) in [6, 6.07) is 0.448. The van der Waals surface area contributed by atoms with Crippen molar-refractivity contribution in [3.05, 3.63) is 6.33 Å². The second kappa shape index (κ2) is 6.77. The highest BCUT2D eigenvalue weighted by Crippen LogP contribution is 2.29. The van der Waals surface area contributed by atoms with Gasteiger partial charge >= 0.3 is 0 Å². The van der Waals surface area contributed by atoms with Gasteiger partial charge in [-0.05, 0) is 39.0 Å². The minimum absolute atomic E-state index is 0.0544. The van der Waals surface area contributed by atoms with Crippen LogP contribution >= 0.6 is 0 Å². The van der Waals surface area contributed by atoms with Crippen LogP contribution in [0.25, 0.3) is 0 Å². The lowest BCUT2D eigenvalue weighted by molar-refractivity contribution is 0.234. The Morgan fingerprint density at radius 1 is 1.25 bits per heavy atom. The Balaban J connectivity index is 2.05. The maximum absolute atomic E-state index is 6.10. The fourth-order valence-corrected chi connectivity index (χ4v) is 2.64. The molecular formula is C15H26N4O. The zero-order chi connectivity index (χ0) is 14.5. The molecule has 0 saturated heterocycles. The van der Waals surface area contributed by atoms with Crippen LogP contribution in [0.3, 0.4) is 0 Å². The average Bonchev–Trinajstić information content (AvgIpc) is 2.59. The molecule has 1 aliphatic carbocycles. The van der Waals surface area contributed by atoms with Crippen LogP contribution in [0.15, 0.2) is 6.33 Å². The molecule has 20 heavy (non-hydrogen) atoms. The van der Waals surface area contributed by atoms with Crippen molar-refractivity contribution in [1.82, 2.24) is 9.97 Å². The Bertz CT molecular complexity index is 436. The van der Waals surface area contributed by atoms with Crippen molar-refractivity contribution < 1.29 is 4.74 Å². The summed E-state index contributed by atoms with van der Waals surface area (Å²) in [4.78, 5) is 8.37. The molecular weight excluding hydrogens is 252 g/mol. The molecule has 0 amide bonds. The summed E-state index contributed by atoms with van der Waals surface area (Å²) in [7, 11) is 0. The van der Waals surface area contributed by atoms with E-state index in [2.05, 4.69) is 22.2 Å². The van der Waals surface area contributed by atoms with Crippen LogP contribution < -0.4 is 15.8 Å². The topological polar surface area (TPSA) is 73.1 Å². The quantitative estimate of drug-likeness (QED) is 0.827. The van der Waals surface area contributed by atoms with E-state index in [-0.39, 0.29) is 6.10 Å². The molecule has 2 atom stereocenters. The molecule has 3 N–H and O–H groups in total. The van der Waals surface area contributed by atoms with Crippen LogP contribution in [0, 0.1) is 5.92 Å². The first kappa shape index (κ1) is 14.9. The number of hydrogen-bond donors (Lipinski definition) is 2. The summed E-state index contributed by atoms with van der Waals surface area (Å²) in [5.41, 5.74) is 6.62. The van der Waals surface area contributed by atoms with Crippen molar-refractivity contribution in [2.24, 2.45) is 5.92 Å². The molecule has 2 rings (SSSR count). The van der Waals surface area contributed by atoms with Crippen LogP contribution in [0.2, 0.25) is 0 Å². The number of nitrogens with zero attached hydrogens (tertiary/aromatic N) is 2. The molecule has 1 fully saturated rings. The molecule has 0 aliphatic heterocycles. The molecule has 5 heteroatoms. The molecule has 1 heterocycles.